The van der Waals surface area contributed by atoms with Gasteiger partial charge in [0.15, 0.2) is 0 Å². The Labute approximate surface area is 124 Å². The van der Waals surface area contributed by atoms with Gasteiger partial charge in [0.1, 0.15) is 0 Å². The smallest absolute Gasteiger partial charge is 0.0326 e. The Morgan fingerprint density at radius 3 is 1.53 bits per heavy atom. The zero-order valence-electron chi connectivity index (χ0n) is 13.6. The Morgan fingerprint density at radius 1 is 0.684 bits per heavy atom. The molecule has 0 fully saturated rings. The summed E-state index contributed by atoms with van der Waals surface area (Å²) in [5, 5.41) is 0. The van der Waals surface area contributed by atoms with Gasteiger partial charge < -0.3 is 0 Å². The van der Waals surface area contributed by atoms with Gasteiger partial charge in [0.05, 0.1) is 0 Å². The quantitative estimate of drug-likeness (QED) is 0.173. The van der Waals surface area contributed by atoms with E-state index in [0.717, 1.165) is 0 Å². The Kier molecular flexibility index (Phi) is 16.4. The molecule has 0 aromatic carbocycles. The van der Waals surface area contributed by atoms with Gasteiger partial charge in [-0.1, -0.05) is 71.3 Å². The molecule has 0 aliphatic rings. The highest BCUT2D eigenvalue weighted by atomic mass is 31.1. The standard InChI is InChI=1S/C18H37P/c1-4-7-8-9-10-11-12-13-14-15-16-17-18-19(5-2)6-3/h4H,1,5-18H2,2-3H3. The largest absolute Gasteiger partial charge is 0.107 e. The summed E-state index contributed by atoms with van der Waals surface area (Å²) in [6.07, 6.45) is 22.2. The van der Waals surface area contributed by atoms with Crippen LogP contribution >= 0.6 is 7.92 Å². The van der Waals surface area contributed by atoms with Crippen molar-refractivity contribution < 1.29 is 0 Å². The van der Waals surface area contributed by atoms with Crippen LogP contribution in [0.5, 0.6) is 0 Å². The van der Waals surface area contributed by atoms with E-state index < -0.39 is 0 Å². The maximum absolute atomic E-state index is 3.77. The average molecular weight is 284 g/mol. The lowest BCUT2D eigenvalue weighted by Gasteiger charge is -2.12. The summed E-state index contributed by atoms with van der Waals surface area (Å²) in [5.41, 5.74) is 0. The van der Waals surface area contributed by atoms with Gasteiger partial charge in [0.25, 0.3) is 0 Å². The molecule has 0 rings (SSSR count). The molecule has 0 heterocycles. The molecule has 114 valence electrons. The molecule has 0 aromatic rings. The SMILES string of the molecule is C=CCCCCCCCCCCCCP(CC)CC. The third-order valence-electron chi connectivity index (χ3n) is 4.03. The van der Waals surface area contributed by atoms with Gasteiger partial charge in [0.2, 0.25) is 0 Å². The van der Waals surface area contributed by atoms with E-state index in [1.807, 2.05) is 6.08 Å². The fourth-order valence-corrected chi connectivity index (χ4v) is 4.33. The van der Waals surface area contributed by atoms with E-state index in [1.54, 1.807) is 0 Å². The molecule has 1 heteroatoms. The Morgan fingerprint density at radius 2 is 1.11 bits per heavy atom. The number of unbranched alkanes of at least 4 members (excludes halogenated alkanes) is 10. The predicted octanol–water partition coefficient (Wildman–Crippen LogP) is 6.99. The fourth-order valence-electron chi connectivity index (χ4n) is 2.58. The molecule has 0 atom stereocenters. The monoisotopic (exact) mass is 284 g/mol. The van der Waals surface area contributed by atoms with Crippen molar-refractivity contribution in [1.29, 1.82) is 0 Å². The molecule has 0 spiro atoms. The first-order valence-corrected chi connectivity index (χ1v) is 10.6. The van der Waals surface area contributed by atoms with Crippen LogP contribution in [0.2, 0.25) is 0 Å². The lowest BCUT2D eigenvalue weighted by atomic mass is 10.1. The molecule has 0 saturated heterocycles. The van der Waals surface area contributed by atoms with Crippen LogP contribution in [-0.2, 0) is 0 Å². The number of hydrogen-bond acceptors (Lipinski definition) is 0. The van der Waals surface area contributed by atoms with Gasteiger partial charge >= 0.3 is 0 Å². The Hall–Kier alpha value is 0.170. The summed E-state index contributed by atoms with van der Waals surface area (Å²) >= 11 is 0. The van der Waals surface area contributed by atoms with Gasteiger partial charge in [-0.25, -0.2) is 0 Å². The van der Waals surface area contributed by atoms with Crippen LogP contribution in [0.3, 0.4) is 0 Å². The zero-order chi connectivity index (χ0) is 14.2. The predicted molar refractivity (Wildman–Crippen MR) is 93.9 cm³/mol. The maximum Gasteiger partial charge on any atom is -0.0326 e. The van der Waals surface area contributed by atoms with E-state index >= 15 is 0 Å². The molecular formula is C18H37P. The molecule has 0 bridgehead atoms. The molecule has 0 unspecified atom stereocenters. The summed E-state index contributed by atoms with van der Waals surface area (Å²) in [5.74, 6) is 0. The van der Waals surface area contributed by atoms with Crippen LogP contribution in [0.25, 0.3) is 0 Å². The lowest BCUT2D eigenvalue weighted by molar-refractivity contribution is 0.558. The minimum absolute atomic E-state index is 0.399. The molecule has 0 N–H and O–H groups in total. The Bertz CT molecular complexity index is 173. The lowest BCUT2D eigenvalue weighted by Crippen LogP contribution is -1.90. The molecular weight excluding hydrogens is 247 g/mol. The second-order valence-electron chi connectivity index (χ2n) is 5.64. The average Bonchev–Trinajstić information content (AvgIpc) is 2.44. The summed E-state index contributed by atoms with van der Waals surface area (Å²) in [4.78, 5) is 0. The molecule has 0 nitrogen and oxygen atoms in total. The molecule has 0 radical (unpaired) electrons. The van der Waals surface area contributed by atoms with E-state index in [1.165, 1.54) is 89.1 Å². The van der Waals surface area contributed by atoms with Crippen molar-refractivity contribution in [2.75, 3.05) is 18.5 Å². The molecule has 19 heavy (non-hydrogen) atoms. The van der Waals surface area contributed by atoms with Crippen molar-refractivity contribution in [3.05, 3.63) is 12.7 Å². The van der Waals surface area contributed by atoms with Crippen LogP contribution in [-0.4, -0.2) is 18.5 Å². The number of allylic oxidation sites excluding steroid dienone is 1. The van der Waals surface area contributed by atoms with Crippen LogP contribution in [0.15, 0.2) is 12.7 Å². The second kappa shape index (κ2) is 16.2. The van der Waals surface area contributed by atoms with Crippen molar-refractivity contribution in [2.24, 2.45) is 0 Å². The topological polar surface area (TPSA) is 0 Å². The van der Waals surface area contributed by atoms with Crippen molar-refractivity contribution in [3.63, 3.8) is 0 Å². The molecule has 0 saturated carbocycles. The maximum atomic E-state index is 3.77. The number of rotatable bonds is 15. The highest BCUT2D eigenvalue weighted by Crippen LogP contribution is 2.35. The van der Waals surface area contributed by atoms with E-state index in [0.29, 0.717) is 7.92 Å². The van der Waals surface area contributed by atoms with Gasteiger partial charge in [-0.3, -0.25) is 0 Å². The highest BCUT2D eigenvalue weighted by molar-refractivity contribution is 7.57. The fraction of sp³-hybridized carbons (Fsp3) is 0.889. The summed E-state index contributed by atoms with van der Waals surface area (Å²) < 4.78 is 0. The molecule has 0 amide bonds. The van der Waals surface area contributed by atoms with Crippen molar-refractivity contribution in [1.82, 2.24) is 0 Å². The summed E-state index contributed by atoms with van der Waals surface area (Å²) in [7, 11) is 0.399. The third kappa shape index (κ3) is 14.4. The van der Waals surface area contributed by atoms with Gasteiger partial charge in [-0.2, -0.15) is 0 Å². The van der Waals surface area contributed by atoms with E-state index in [2.05, 4.69) is 20.4 Å². The molecule has 0 aromatic heterocycles. The first kappa shape index (κ1) is 19.2. The van der Waals surface area contributed by atoms with E-state index in [9.17, 15) is 0 Å². The van der Waals surface area contributed by atoms with Crippen molar-refractivity contribution >= 4 is 7.92 Å². The Balaban J connectivity index is 3.04. The van der Waals surface area contributed by atoms with Crippen molar-refractivity contribution in [2.45, 2.75) is 84.5 Å². The van der Waals surface area contributed by atoms with Gasteiger partial charge in [-0.05, 0) is 37.7 Å². The first-order valence-electron chi connectivity index (χ1n) is 8.68. The zero-order valence-corrected chi connectivity index (χ0v) is 14.5. The number of hydrogen-bond donors (Lipinski definition) is 0. The first-order chi connectivity index (χ1) is 9.35. The minimum atomic E-state index is 0.399. The molecule has 0 aliphatic heterocycles. The van der Waals surface area contributed by atoms with Gasteiger partial charge in [0, 0.05) is 0 Å². The van der Waals surface area contributed by atoms with Crippen LogP contribution in [0.4, 0.5) is 0 Å². The summed E-state index contributed by atoms with van der Waals surface area (Å²) in [6, 6.07) is 0. The highest BCUT2D eigenvalue weighted by Gasteiger charge is 2.01. The summed E-state index contributed by atoms with van der Waals surface area (Å²) in [6.45, 7) is 8.50. The minimum Gasteiger partial charge on any atom is -0.107 e. The van der Waals surface area contributed by atoms with Crippen LogP contribution < -0.4 is 0 Å². The van der Waals surface area contributed by atoms with E-state index in [4.69, 9.17) is 0 Å². The van der Waals surface area contributed by atoms with Gasteiger partial charge in [-0.15, -0.1) is 14.5 Å². The second-order valence-corrected chi connectivity index (χ2v) is 8.69. The van der Waals surface area contributed by atoms with Crippen molar-refractivity contribution in [3.8, 4) is 0 Å². The normalized spacial score (nSPS) is 11.1. The molecule has 0 aliphatic carbocycles. The third-order valence-corrected chi connectivity index (χ3v) is 6.76. The van der Waals surface area contributed by atoms with E-state index in [-0.39, 0.29) is 0 Å². The van der Waals surface area contributed by atoms with Crippen LogP contribution in [0, 0.1) is 0 Å². The van der Waals surface area contributed by atoms with Crippen LogP contribution in [0.1, 0.15) is 84.5 Å².